The summed E-state index contributed by atoms with van der Waals surface area (Å²) < 4.78 is 0. The summed E-state index contributed by atoms with van der Waals surface area (Å²) in [6, 6.07) is 15.1. The van der Waals surface area contributed by atoms with Crippen LogP contribution in [0.2, 0.25) is 0 Å². The van der Waals surface area contributed by atoms with Gasteiger partial charge in [0.25, 0.3) is 0 Å². The third-order valence-electron chi connectivity index (χ3n) is 5.00. The van der Waals surface area contributed by atoms with Crippen LogP contribution in [0.4, 0.5) is 0 Å². The fourth-order valence-electron chi connectivity index (χ4n) is 3.53. The fourth-order valence-corrected chi connectivity index (χ4v) is 3.53. The predicted octanol–water partition coefficient (Wildman–Crippen LogP) is 4.68. The highest BCUT2D eigenvalue weighted by Crippen LogP contribution is 2.26. The number of nitrogens with one attached hydrogen (secondary N) is 1. The first-order valence-corrected chi connectivity index (χ1v) is 9.12. The molecule has 3 rings (SSSR count). The van der Waals surface area contributed by atoms with Gasteiger partial charge in [0, 0.05) is 0 Å². The largest absolute Gasteiger partial charge is 0.349 e. The molecule has 2 heteroatoms. The lowest BCUT2D eigenvalue weighted by Crippen LogP contribution is -2.29. The molecule has 0 bridgehead atoms. The molecular formula is C22H27NO. The SMILES string of the molecule is CC[C@@H](NC(=O)Cc1ccc(C)cc1)c1ccc2c(c1)CCCC2. The van der Waals surface area contributed by atoms with Crippen molar-refractivity contribution in [2.75, 3.05) is 0 Å². The van der Waals surface area contributed by atoms with E-state index < -0.39 is 0 Å². The second kappa shape index (κ2) is 7.65. The van der Waals surface area contributed by atoms with E-state index in [-0.39, 0.29) is 11.9 Å². The molecule has 0 unspecified atom stereocenters. The van der Waals surface area contributed by atoms with Crippen LogP contribution in [0.1, 0.15) is 60.0 Å². The minimum absolute atomic E-state index is 0.100. The second-order valence-electron chi connectivity index (χ2n) is 6.93. The fraction of sp³-hybridized carbons (Fsp3) is 0.409. The van der Waals surface area contributed by atoms with E-state index in [1.165, 1.54) is 47.9 Å². The molecule has 1 N–H and O–H groups in total. The summed E-state index contributed by atoms with van der Waals surface area (Å²) in [5, 5.41) is 3.21. The van der Waals surface area contributed by atoms with Gasteiger partial charge in [-0.1, -0.05) is 55.0 Å². The van der Waals surface area contributed by atoms with Crippen molar-refractivity contribution in [2.45, 2.75) is 58.4 Å². The van der Waals surface area contributed by atoms with Crippen molar-refractivity contribution < 1.29 is 4.79 Å². The van der Waals surface area contributed by atoms with E-state index in [4.69, 9.17) is 0 Å². The number of aryl methyl sites for hydroxylation is 3. The number of carbonyl (C=O) groups excluding carboxylic acids is 1. The molecule has 0 saturated heterocycles. The van der Waals surface area contributed by atoms with Gasteiger partial charge in [0.2, 0.25) is 5.91 Å². The van der Waals surface area contributed by atoms with E-state index in [9.17, 15) is 4.79 Å². The molecule has 0 aliphatic heterocycles. The zero-order valence-corrected chi connectivity index (χ0v) is 14.8. The Balaban J connectivity index is 1.67. The maximum atomic E-state index is 12.4. The van der Waals surface area contributed by atoms with Gasteiger partial charge in [0.05, 0.1) is 12.5 Å². The van der Waals surface area contributed by atoms with Gasteiger partial charge in [-0.15, -0.1) is 0 Å². The third-order valence-corrected chi connectivity index (χ3v) is 5.00. The number of hydrogen-bond donors (Lipinski definition) is 1. The Morgan fingerprint density at radius 1 is 1.04 bits per heavy atom. The first-order chi connectivity index (χ1) is 11.7. The monoisotopic (exact) mass is 321 g/mol. The Labute approximate surface area is 145 Å². The van der Waals surface area contributed by atoms with Gasteiger partial charge in [-0.3, -0.25) is 4.79 Å². The molecule has 1 aliphatic carbocycles. The van der Waals surface area contributed by atoms with Crippen LogP contribution in [0.3, 0.4) is 0 Å². The Morgan fingerprint density at radius 2 is 1.75 bits per heavy atom. The smallest absolute Gasteiger partial charge is 0.224 e. The van der Waals surface area contributed by atoms with Crippen LogP contribution in [-0.4, -0.2) is 5.91 Å². The molecule has 0 heterocycles. The Hall–Kier alpha value is -2.09. The summed E-state index contributed by atoms with van der Waals surface area (Å²) in [5.74, 6) is 0.100. The van der Waals surface area contributed by atoms with Gasteiger partial charge >= 0.3 is 0 Å². The maximum absolute atomic E-state index is 12.4. The van der Waals surface area contributed by atoms with E-state index >= 15 is 0 Å². The normalized spacial score (nSPS) is 14.8. The number of hydrogen-bond acceptors (Lipinski definition) is 1. The standard InChI is InChI=1S/C22H27NO/c1-3-21(20-13-12-18-6-4-5-7-19(18)15-20)23-22(24)14-17-10-8-16(2)9-11-17/h8-13,15,21H,3-7,14H2,1-2H3,(H,23,24)/t21-/m1/s1. The van der Waals surface area contributed by atoms with E-state index in [0.717, 1.165) is 12.0 Å². The Morgan fingerprint density at radius 3 is 2.46 bits per heavy atom. The molecular weight excluding hydrogens is 294 g/mol. The lowest BCUT2D eigenvalue weighted by atomic mass is 9.88. The number of amides is 1. The predicted molar refractivity (Wildman–Crippen MR) is 99.1 cm³/mol. The van der Waals surface area contributed by atoms with Crippen LogP contribution in [0.5, 0.6) is 0 Å². The van der Waals surface area contributed by atoms with Gasteiger partial charge in [-0.2, -0.15) is 0 Å². The van der Waals surface area contributed by atoms with Crippen molar-refractivity contribution in [3.05, 3.63) is 70.3 Å². The van der Waals surface area contributed by atoms with Gasteiger partial charge < -0.3 is 5.32 Å². The van der Waals surface area contributed by atoms with Gasteiger partial charge in [0.1, 0.15) is 0 Å². The summed E-state index contributed by atoms with van der Waals surface area (Å²) >= 11 is 0. The van der Waals surface area contributed by atoms with Crippen LogP contribution >= 0.6 is 0 Å². The van der Waals surface area contributed by atoms with E-state index in [0.29, 0.717) is 6.42 Å². The zero-order chi connectivity index (χ0) is 16.9. The van der Waals surface area contributed by atoms with Crippen LogP contribution in [0.25, 0.3) is 0 Å². The van der Waals surface area contributed by atoms with Crippen molar-refractivity contribution in [2.24, 2.45) is 0 Å². The third kappa shape index (κ3) is 4.05. The van der Waals surface area contributed by atoms with Gasteiger partial charge in [0.15, 0.2) is 0 Å². The van der Waals surface area contributed by atoms with Crippen molar-refractivity contribution in [3.8, 4) is 0 Å². The Bertz CT molecular complexity index is 702. The second-order valence-corrected chi connectivity index (χ2v) is 6.93. The van der Waals surface area contributed by atoms with Crippen molar-refractivity contribution in [3.63, 3.8) is 0 Å². The average Bonchev–Trinajstić information content (AvgIpc) is 2.61. The van der Waals surface area contributed by atoms with Gasteiger partial charge in [-0.25, -0.2) is 0 Å². The maximum Gasteiger partial charge on any atom is 0.224 e. The van der Waals surface area contributed by atoms with Gasteiger partial charge in [-0.05, 0) is 61.3 Å². The molecule has 0 fully saturated rings. The number of rotatable bonds is 5. The average molecular weight is 321 g/mol. The topological polar surface area (TPSA) is 29.1 Å². The highest BCUT2D eigenvalue weighted by atomic mass is 16.1. The number of carbonyl (C=O) groups is 1. The highest BCUT2D eigenvalue weighted by Gasteiger charge is 2.16. The molecule has 24 heavy (non-hydrogen) atoms. The molecule has 1 amide bonds. The molecule has 2 aromatic rings. The van der Waals surface area contributed by atoms with Crippen LogP contribution in [-0.2, 0) is 24.1 Å². The Kier molecular flexibility index (Phi) is 5.34. The molecule has 1 aliphatic rings. The summed E-state index contributed by atoms with van der Waals surface area (Å²) in [4.78, 5) is 12.4. The van der Waals surface area contributed by atoms with E-state index in [2.05, 4.69) is 49.5 Å². The van der Waals surface area contributed by atoms with Crippen molar-refractivity contribution in [1.29, 1.82) is 0 Å². The molecule has 0 saturated carbocycles. The quantitative estimate of drug-likeness (QED) is 0.851. The first-order valence-electron chi connectivity index (χ1n) is 9.12. The summed E-state index contributed by atoms with van der Waals surface area (Å²) in [6.07, 6.45) is 6.33. The summed E-state index contributed by atoms with van der Waals surface area (Å²) in [6.45, 7) is 4.20. The van der Waals surface area contributed by atoms with Crippen LogP contribution in [0.15, 0.2) is 42.5 Å². The summed E-state index contributed by atoms with van der Waals surface area (Å²) in [5.41, 5.74) is 6.50. The summed E-state index contributed by atoms with van der Waals surface area (Å²) in [7, 11) is 0. The molecule has 0 radical (unpaired) electrons. The van der Waals surface area contributed by atoms with E-state index in [1.54, 1.807) is 0 Å². The van der Waals surface area contributed by atoms with Crippen LogP contribution in [0, 0.1) is 6.92 Å². The highest BCUT2D eigenvalue weighted by molar-refractivity contribution is 5.79. The minimum atomic E-state index is 0.100. The zero-order valence-electron chi connectivity index (χ0n) is 14.8. The molecule has 0 aromatic heterocycles. The van der Waals surface area contributed by atoms with Crippen molar-refractivity contribution >= 4 is 5.91 Å². The van der Waals surface area contributed by atoms with E-state index in [1.807, 2.05) is 12.1 Å². The first kappa shape index (κ1) is 16.8. The molecule has 0 spiro atoms. The molecule has 126 valence electrons. The number of benzene rings is 2. The molecule has 2 aromatic carbocycles. The lowest BCUT2D eigenvalue weighted by molar-refractivity contribution is -0.121. The lowest BCUT2D eigenvalue weighted by Gasteiger charge is -2.22. The number of fused-ring (bicyclic) bond motifs is 1. The van der Waals surface area contributed by atoms with Crippen molar-refractivity contribution in [1.82, 2.24) is 5.32 Å². The van der Waals surface area contributed by atoms with Crippen LogP contribution < -0.4 is 5.32 Å². The minimum Gasteiger partial charge on any atom is -0.349 e. The molecule has 1 atom stereocenters. The molecule has 2 nitrogen and oxygen atoms in total.